The number of benzene rings is 1. The Kier molecular flexibility index (Phi) is 3.21. The van der Waals surface area contributed by atoms with Gasteiger partial charge in [-0.3, -0.25) is 0 Å². The van der Waals surface area contributed by atoms with Crippen LogP contribution in [0.2, 0.25) is 5.02 Å². The maximum atomic E-state index is 6.00. The molecule has 0 N–H and O–H groups in total. The van der Waals surface area contributed by atoms with Crippen LogP contribution in [-0.4, -0.2) is 7.11 Å². The van der Waals surface area contributed by atoms with Crippen LogP contribution in [0.15, 0.2) is 34.9 Å². The summed E-state index contributed by atoms with van der Waals surface area (Å²) in [6.07, 6.45) is 1.65. The van der Waals surface area contributed by atoms with E-state index in [-0.39, 0.29) is 0 Å². The van der Waals surface area contributed by atoms with Crippen molar-refractivity contribution in [3.8, 4) is 17.1 Å². The van der Waals surface area contributed by atoms with Gasteiger partial charge in [0, 0.05) is 9.13 Å². The molecule has 78 valence electrons. The molecule has 1 heterocycles. The molecule has 0 saturated carbocycles. The fourth-order valence-electron chi connectivity index (χ4n) is 1.31. The predicted octanol–water partition coefficient (Wildman–Crippen LogP) is 4.21. The number of ether oxygens (including phenoxy) is 1. The van der Waals surface area contributed by atoms with E-state index in [0.717, 1.165) is 14.9 Å². The quantitative estimate of drug-likeness (QED) is 0.768. The Labute approximate surface area is 106 Å². The second-order valence-corrected chi connectivity index (χ2v) is 4.51. The second kappa shape index (κ2) is 4.45. The van der Waals surface area contributed by atoms with Crippen molar-refractivity contribution in [1.29, 1.82) is 0 Å². The molecule has 0 spiro atoms. The van der Waals surface area contributed by atoms with Gasteiger partial charge < -0.3 is 9.15 Å². The van der Waals surface area contributed by atoms with Crippen LogP contribution in [-0.2, 0) is 0 Å². The Morgan fingerprint density at radius 1 is 1.40 bits per heavy atom. The van der Waals surface area contributed by atoms with Gasteiger partial charge in [0.05, 0.1) is 18.4 Å². The van der Waals surface area contributed by atoms with E-state index in [1.807, 2.05) is 24.3 Å². The maximum Gasteiger partial charge on any atom is 0.138 e. The zero-order chi connectivity index (χ0) is 10.8. The Bertz CT molecular complexity index is 466. The van der Waals surface area contributed by atoms with Gasteiger partial charge in [-0.05, 0) is 46.9 Å². The van der Waals surface area contributed by atoms with E-state index < -0.39 is 0 Å². The third-order valence-corrected chi connectivity index (χ3v) is 3.22. The standard InChI is InChI=1S/C11H8ClIO2/c1-14-11-5-7(9(13)6-8(11)12)10-3-2-4-15-10/h2-6H,1H3. The van der Waals surface area contributed by atoms with E-state index in [4.69, 9.17) is 20.8 Å². The minimum absolute atomic E-state index is 0.609. The highest BCUT2D eigenvalue weighted by molar-refractivity contribution is 14.1. The number of hydrogen-bond donors (Lipinski definition) is 0. The van der Waals surface area contributed by atoms with Crippen LogP contribution < -0.4 is 4.74 Å². The fraction of sp³-hybridized carbons (Fsp3) is 0.0909. The van der Waals surface area contributed by atoms with Crippen molar-refractivity contribution < 1.29 is 9.15 Å². The molecular formula is C11H8ClIO2. The van der Waals surface area contributed by atoms with Gasteiger partial charge in [-0.15, -0.1) is 0 Å². The molecule has 0 saturated heterocycles. The van der Waals surface area contributed by atoms with Gasteiger partial charge in [-0.25, -0.2) is 0 Å². The molecule has 0 bridgehead atoms. The molecule has 0 aliphatic heterocycles. The van der Waals surface area contributed by atoms with Crippen LogP contribution in [0.25, 0.3) is 11.3 Å². The van der Waals surface area contributed by atoms with Crippen LogP contribution >= 0.6 is 34.2 Å². The third kappa shape index (κ3) is 2.13. The van der Waals surface area contributed by atoms with Crippen LogP contribution in [0.1, 0.15) is 0 Å². The van der Waals surface area contributed by atoms with Gasteiger partial charge in [0.1, 0.15) is 11.5 Å². The Balaban J connectivity index is 2.57. The number of rotatable bonds is 2. The summed E-state index contributed by atoms with van der Waals surface area (Å²) in [7, 11) is 1.60. The third-order valence-electron chi connectivity index (χ3n) is 2.03. The predicted molar refractivity (Wildman–Crippen MR) is 68.4 cm³/mol. The number of hydrogen-bond acceptors (Lipinski definition) is 2. The van der Waals surface area contributed by atoms with E-state index in [0.29, 0.717) is 10.8 Å². The summed E-state index contributed by atoms with van der Waals surface area (Å²) in [5.41, 5.74) is 0.988. The zero-order valence-corrected chi connectivity index (χ0v) is 10.9. The molecule has 0 unspecified atom stereocenters. The lowest BCUT2D eigenvalue weighted by Crippen LogP contribution is -1.88. The molecule has 15 heavy (non-hydrogen) atoms. The molecular weight excluding hydrogens is 326 g/mol. The highest BCUT2D eigenvalue weighted by Crippen LogP contribution is 2.34. The van der Waals surface area contributed by atoms with E-state index in [1.54, 1.807) is 13.4 Å². The fourth-order valence-corrected chi connectivity index (χ4v) is 2.46. The van der Waals surface area contributed by atoms with Crippen molar-refractivity contribution in [3.05, 3.63) is 39.1 Å². The summed E-state index contributed by atoms with van der Waals surface area (Å²) in [6, 6.07) is 7.50. The smallest absolute Gasteiger partial charge is 0.138 e. The minimum Gasteiger partial charge on any atom is -0.495 e. The zero-order valence-electron chi connectivity index (χ0n) is 7.96. The first kappa shape index (κ1) is 10.8. The Morgan fingerprint density at radius 3 is 2.80 bits per heavy atom. The van der Waals surface area contributed by atoms with Gasteiger partial charge in [0.2, 0.25) is 0 Å². The summed E-state index contributed by atoms with van der Waals surface area (Å²) in [5.74, 6) is 1.47. The lowest BCUT2D eigenvalue weighted by Gasteiger charge is -2.07. The van der Waals surface area contributed by atoms with Gasteiger partial charge in [-0.1, -0.05) is 11.6 Å². The molecule has 4 heteroatoms. The normalized spacial score (nSPS) is 10.3. The van der Waals surface area contributed by atoms with Crippen molar-refractivity contribution in [1.82, 2.24) is 0 Å². The molecule has 0 fully saturated rings. The highest BCUT2D eigenvalue weighted by Gasteiger charge is 2.10. The van der Waals surface area contributed by atoms with Crippen molar-refractivity contribution in [2.45, 2.75) is 0 Å². The number of furan rings is 1. The molecule has 1 aromatic heterocycles. The summed E-state index contributed by atoms with van der Waals surface area (Å²) in [4.78, 5) is 0. The summed E-state index contributed by atoms with van der Waals surface area (Å²) >= 11 is 8.22. The average Bonchev–Trinajstić information content (AvgIpc) is 2.71. The van der Waals surface area contributed by atoms with E-state index >= 15 is 0 Å². The van der Waals surface area contributed by atoms with Crippen molar-refractivity contribution in [2.24, 2.45) is 0 Å². The van der Waals surface area contributed by atoms with Crippen molar-refractivity contribution >= 4 is 34.2 Å². The lowest BCUT2D eigenvalue weighted by atomic mass is 10.1. The molecule has 0 atom stereocenters. The molecule has 0 radical (unpaired) electrons. The molecule has 2 aromatic rings. The van der Waals surface area contributed by atoms with E-state index in [1.165, 1.54) is 0 Å². The van der Waals surface area contributed by atoms with Crippen LogP contribution in [0, 0.1) is 3.57 Å². The Morgan fingerprint density at radius 2 is 2.20 bits per heavy atom. The van der Waals surface area contributed by atoms with Crippen LogP contribution in [0.5, 0.6) is 5.75 Å². The number of methoxy groups -OCH3 is 1. The van der Waals surface area contributed by atoms with E-state index in [9.17, 15) is 0 Å². The van der Waals surface area contributed by atoms with Gasteiger partial charge in [0.15, 0.2) is 0 Å². The lowest BCUT2D eigenvalue weighted by molar-refractivity contribution is 0.415. The van der Waals surface area contributed by atoms with Crippen LogP contribution in [0.4, 0.5) is 0 Å². The van der Waals surface area contributed by atoms with E-state index in [2.05, 4.69) is 22.6 Å². The minimum atomic E-state index is 0.609. The molecule has 2 rings (SSSR count). The first-order chi connectivity index (χ1) is 7.22. The summed E-state index contributed by atoms with van der Waals surface area (Å²) in [5, 5.41) is 0.609. The second-order valence-electron chi connectivity index (χ2n) is 2.94. The van der Waals surface area contributed by atoms with Crippen molar-refractivity contribution in [3.63, 3.8) is 0 Å². The van der Waals surface area contributed by atoms with Gasteiger partial charge in [0.25, 0.3) is 0 Å². The first-order valence-electron chi connectivity index (χ1n) is 4.29. The number of halogens is 2. The van der Waals surface area contributed by atoms with Crippen LogP contribution in [0.3, 0.4) is 0 Å². The SMILES string of the molecule is COc1cc(-c2ccco2)c(I)cc1Cl. The topological polar surface area (TPSA) is 22.4 Å². The molecule has 0 amide bonds. The maximum absolute atomic E-state index is 6.00. The monoisotopic (exact) mass is 334 g/mol. The van der Waals surface area contributed by atoms with Crippen molar-refractivity contribution in [2.75, 3.05) is 7.11 Å². The molecule has 0 aliphatic rings. The van der Waals surface area contributed by atoms with Gasteiger partial charge in [-0.2, -0.15) is 0 Å². The summed E-state index contributed by atoms with van der Waals surface area (Å²) in [6.45, 7) is 0. The molecule has 1 aromatic carbocycles. The highest BCUT2D eigenvalue weighted by atomic mass is 127. The Hall–Kier alpha value is -0.680. The summed E-state index contributed by atoms with van der Waals surface area (Å²) < 4.78 is 11.5. The first-order valence-corrected chi connectivity index (χ1v) is 5.75. The molecule has 2 nitrogen and oxygen atoms in total. The average molecular weight is 335 g/mol. The largest absolute Gasteiger partial charge is 0.495 e. The van der Waals surface area contributed by atoms with Gasteiger partial charge >= 0.3 is 0 Å². The molecule has 0 aliphatic carbocycles.